The number of rotatable bonds is 5. The van der Waals surface area contributed by atoms with E-state index in [0.29, 0.717) is 5.69 Å². The van der Waals surface area contributed by atoms with E-state index in [9.17, 15) is 9.90 Å². The second kappa shape index (κ2) is 7.81. The van der Waals surface area contributed by atoms with Gasteiger partial charge in [-0.1, -0.05) is 42.1 Å². The van der Waals surface area contributed by atoms with Crippen LogP contribution in [0.5, 0.6) is 5.75 Å². The molecule has 2 N–H and O–H groups in total. The molecule has 0 aliphatic carbocycles. The summed E-state index contributed by atoms with van der Waals surface area (Å²) in [4.78, 5) is 20.9. The van der Waals surface area contributed by atoms with Crippen LogP contribution < -0.4 is 5.32 Å². The minimum Gasteiger partial charge on any atom is -0.508 e. The Labute approximate surface area is 150 Å². The molecule has 3 aromatic rings. The molecular weight excluding hydrogens is 334 g/mol. The molecule has 25 heavy (non-hydrogen) atoms. The Kier molecular flexibility index (Phi) is 5.30. The topological polar surface area (TPSA) is 75.1 Å². The maximum atomic E-state index is 12.3. The van der Waals surface area contributed by atoms with Crippen LogP contribution in [-0.2, 0) is 4.79 Å². The van der Waals surface area contributed by atoms with E-state index in [0.717, 1.165) is 16.3 Å². The molecule has 1 heterocycles. The van der Waals surface area contributed by atoms with E-state index in [2.05, 4.69) is 15.3 Å². The zero-order valence-corrected chi connectivity index (χ0v) is 14.4. The second-order valence-electron chi connectivity index (χ2n) is 5.40. The fourth-order valence-corrected chi connectivity index (χ4v) is 3.01. The number of aromatic nitrogens is 2. The average Bonchev–Trinajstić information content (AvgIpc) is 2.64. The maximum Gasteiger partial charge on any atom is 0.237 e. The monoisotopic (exact) mass is 351 g/mol. The highest BCUT2D eigenvalue weighted by atomic mass is 32.2. The molecule has 1 amide bonds. The van der Waals surface area contributed by atoms with Crippen molar-refractivity contribution in [2.75, 3.05) is 5.32 Å². The Morgan fingerprint density at radius 3 is 2.52 bits per heavy atom. The molecule has 2 aromatic carbocycles. The Bertz CT molecular complexity index is 854. The molecule has 126 valence electrons. The molecule has 1 atom stereocenters. The number of nitrogens with one attached hydrogen (secondary N) is 1. The van der Waals surface area contributed by atoms with Crippen LogP contribution in [0.4, 0.5) is 5.69 Å². The summed E-state index contributed by atoms with van der Waals surface area (Å²) in [5, 5.41) is 12.5. The summed E-state index contributed by atoms with van der Waals surface area (Å²) in [5.41, 5.74) is 2.47. The van der Waals surface area contributed by atoms with Crippen molar-refractivity contribution in [3.63, 3.8) is 0 Å². The van der Waals surface area contributed by atoms with Crippen LogP contribution >= 0.6 is 11.8 Å². The van der Waals surface area contributed by atoms with Gasteiger partial charge >= 0.3 is 0 Å². The van der Waals surface area contributed by atoms with Gasteiger partial charge < -0.3 is 10.4 Å². The number of nitrogens with zero attached hydrogens (tertiary/aromatic N) is 2. The molecule has 0 radical (unpaired) electrons. The highest BCUT2D eigenvalue weighted by Crippen LogP contribution is 2.26. The molecule has 3 rings (SSSR count). The fraction of sp³-hybridized carbons (Fsp3) is 0.105. The average molecular weight is 351 g/mol. The van der Waals surface area contributed by atoms with Crippen LogP contribution in [0.2, 0.25) is 0 Å². The molecule has 1 aromatic heterocycles. The van der Waals surface area contributed by atoms with E-state index in [1.165, 1.54) is 30.2 Å². The number of phenols is 1. The molecule has 0 aliphatic heterocycles. The number of carbonyl (C=O) groups excluding carboxylic acids is 1. The van der Waals surface area contributed by atoms with Gasteiger partial charge in [0.25, 0.3) is 0 Å². The largest absolute Gasteiger partial charge is 0.508 e. The lowest BCUT2D eigenvalue weighted by Crippen LogP contribution is -2.22. The van der Waals surface area contributed by atoms with Gasteiger partial charge in [-0.25, -0.2) is 9.97 Å². The van der Waals surface area contributed by atoms with Gasteiger partial charge in [0.2, 0.25) is 5.91 Å². The smallest absolute Gasteiger partial charge is 0.237 e. The molecule has 5 nitrogen and oxygen atoms in total. The maximum absolute atomic E-state index is 12.3. The van der Waals surface area contributed by atoms with Gasteiger partial charge in [0.15, 0.2) is 0 Å². The van der Waals surface area contributed by atoms with E-state index in [4.69, 9.17) is 0 Å². The highest BCUT2D eigenvalue weighted by Gasteiger charge is 2.16. The number of benzene rings is 2. The Balaban J connectivity index is 1.67. The Morgan fingerprint density at radius 2 is 1.80 bits per heavy atom. The van der Waals surface area contributed by atoms with Gasteiger partial charge in [0.05, 0.1) is 10.9 Å². The molecule has 0 aliphatic rings. The van der Waals surface area contributed by atoms with Gasteiger partial charge in [0.1, 0.15) is 17.1 Å². The van der Waals surface area contributed by atoms with Crippen LogP contribution in [0.15, 0.2) is 72.0 Å². The third-order valence-electron chi connectivity index (χ3n) is 3.51. The van der Waals surface area contributed by atoms with E-state index in [-0.39, 0.29) is 16.9 Å². The quantitative estimate of drug-likeness (QED) is 0.413. The summed E-state index contributed by atoms with van der Waals surface area (Å²) in [6.07, 6.45) is 1.51. The standard InChI is InChI=1S/C19H17N3O2S/c1-13(19(24)22-15-7-9-16(23)10-8-15)25-18-11-17(20-12-21-18)14-5-3-2-4-6-14/h2-13,23H,1H3,(H,22,24)/t13-/m0/s1. The minimum absolute atomic E-state index is 0.129. The number of thioether (sulfide) groups is 1. The van der Waals surface area contributed by atoms with Gasteiger partial charge in [-0.15, -0.1) is 0 Å². The van der Waals surface area contributed by atoms with E-state index in [1.807, 2.05) is 43.3 Å². The van der Waals surface area contributed by atoms with Gasteiger partial charge in [-0.3, -0.25) is 4.79 Å². The lowest BCUT2D eigenvalue weighted by atomic mass is 10.1. The first-order chi connectivity index (χ1) is 12.1. The summed E-state index contributed by atoms with van der Waals surface area (Å²) in [5.74, 6) is 0.0328. The van der Waals surface area contributed by atoms with Crippen molar-refractivity contribution in [1.82, 2.24) is 9.97 Å². The van der Waals surface area contributed by atoms with Crippen LogP contribution in [0, 0.1) is 0 Å². The second-order valence-corrected chi connectivity index (χ2v) is 6.76. The molecule has 0 bridgehead atoms. The number of anilines is 1. The number of aromatic hydroxyl groups is 1. The zero-order chi connectivity index (χ0) is 17.6. The van der Waals surface area contributed by atoms with Crippen molar-refractivity contribution in [3.05, 3.63) is 67.0 Å². The third-order valence-corrected chi connectivity index (χ3v) is 4.55. The minimum atomic E-state index is -0.327. The third kappa shape index (κ3) is 4.58. The van der Waals surface area contributed by atoms with Crippen LogP contribution in [0.25, 0.3) is 11.3 Å². The molecule has 0 spiro atoms. The lowest BCUT2D eigenvalue weighted by molar-refractivity contribution is -0.115. The normalized spacial score (nSPS) is 11.7. The number of hydrogen-bond acceptors (Lipinski definition) is 5. The van der Waals surface area contributed by atoms with Crippen LogP contribution in [0.1, 0.15) is 6.92 Å². The van der Waals surface area contributed by atoms with E-state index in [1.54, 1.807) is 12.1 Å². The number of phenolic OH excluding ortho intramolecular Hbond substituents is 1. The first-order valence-corrected chi connectivity index (χ1v) is 8.64. The molecule has 0 saturated carbocycles. The fourth-order valence-electron chi connectivity index (χ4n) is 2.19. The van der Waals surface area contributed by atoms with Crippen molar-refractivity contribution < 1.29 is 9.90 Å². The molecular formula is C19H17N3O2S. The number of hydrogen-bond donors (Lipinski definition) is 2. The SMILES string of the molecule is C[C@H](Sc1cc(-c2ccccc2)ncn1)C(=O)Nc1ccc(O)cc1. The molecule has 0 saturated heterocycles. The van der Waals surface area contributed by atoms with Crippen molar-refractivity contribution in [2.45, 2.75) is 17.2 Å². The lowest BCUT2D eigenvalue weighted by Gasteiger charge is -2.12. The Hall–Kier alpha value is -2.86. The summed E-state index contributed by atoms with van der Waals surface area (Å²) in [7, 11) is 0. The highest BCUT2D eigenvalue weighted by molar-refractivity contribution is 8.00. The van der Waals surface area contributed by atoms with Gasteiger partial charge in [-0.05, 0) is 37.3 Å². The number of carbonyl (C=O) groups is 1. The first kappa shape index (κ1) is 17.0. The zero-order valence-electron chi connectivity index (χ0n) is 13.6. The summed E-state index contributed by atoms with van der Waals surface area (Å²) in [6.45, 7) is 1.82. The van der Waals surface area contributed by atoms with Crippen LogP contribution in [0.3, 0.4) is 0 Å². The molecule has 0 unspecified atom stereocenters. The van der Waals surface area contributed by atoms with Crippen molar-refractivity contribution >= 4 is 23.4 Å². The van der Waals surface area contributed by atoms with E-state index < -0.39 is 0 Å². The predicted octanol–water partition coefficient (Wildman–Crippen LogP) is 3.97. The molecule has 0 fully saturated rings. The van der Waals surface area contributed by atoms with Crippen molar-refractivity contribution in [1.29, 1.82) is 0 Å². The van der Waals surface area contributed by atoms with Gasteiger partial charge in [-0.2, -0.15) is 0 Å². The molecule has 6 heteroatoms. The van der Waals surface area contributed by atoms with E-state index >= 15 is 0 Å². The summed E-state index contributed by atoms with van der Waals surface area (Å²) in [6, 6.07) is 18.1. The van der Waals surface area contributed by atoms with Crippen molar-refractivity contribution in [3.8, 4) is 17.0 Å². The first-order valence-electron chi connectivity index (χ1n) is 7.76. The summed E-state index contributed by atoms with van der Waals surface area (Å²) >= 11 is 1.37. The summed E-state index contributed by atoms with van der Waals surface area (Å²) < 4.78 is 0. The van der Waals surface area contributed by atoms with Gasteiger partial charge in [0, 0.05) is 11.3 Å². The van der Waals surface area contributed by atoms with Crippen LogP contribution in [-0.4, -0.2) is 26.2 Å². The number of amides is 1. The predicted molar refractivity (Wildman–Crippen MR) is 99.5 cm³/mol. The van der Waals surface area contributed by atoms with Crippen molar-refractivity contribution in [2.24, 2.45) is 0 Å². The Morgan fingerprint density at radius 1 is 1.08 bits per heavy atom.